The Kier molecular flexibility index (Phi) is 4.04. The van der Waals surface area contributed by atoms with Crippen molar-refractivity contribution in [2.45, 2.75) is 13.5 Å². The number of rotatable bonds is 2. The van der Waals surface area contributed by atoms with Gasteiger partial charge in [-0.2, -0.15) is 0 Å². The van der Waals surface area contributed by atoms with Gasteiger partial charge in [-0.05, 0) is 24.6 Å². The summed E-state index contributed by atoms with van der Waals surface area (Å²) in [6.45, 7) is 1.84. The predicted molar refractivity (Wildman–Crippen MR) is 111 cm³/mol. The molecule has 0 saturated carbocycles. The largest absolute Gasteiger partial charge is 0.410 e. The molecule has 1 N–H and O–H groups in total. The van der Waals surface area contributed by atoms with E-state index in [9.17, 15) is 24.0 Å². The lowest BCUT2D eigenvalue weighted by atomic mass is 10.0. The highest BCUT2D eigenvalue weighted by atomic mass is 19.1. The third kappa shape index (κ3) is 2.61. The molecule has 2 aliphatic carbocycles. The monoisotopic (exact) mass is 415 g/mol. The van der Waals surface area contributed by atoms with Gasteiger partial charge in [0.05, 0.1) is 10.4 Å². The molecular weight excluding hydrogens is 401 g/mol. The number of fused-ring (bicyclic) bond motifs is 2. The maximum absolute atomic E-state index is 13.5. The highest BCUT2D eigenvalue weighted by molar-refractivity contribution is 5.84. The second-order valence-electron chi connectivity index (χ2n) is 7.30. The standard InChI is InChI=1S/C23H14FN3O4/c1-11-25-19-18(26-31)16-17(22(29)15-5-3-2-4-14(15)21(16)28)23(30)20(19)27(11)10-12-6-8-13(24)9-7-12/h2-9,31H,10H2,1H3/b26-18+. The van der Waals surface area contributed by atoms with Crippen LogP contribution in [0.25, 0.3) is 21.8 Å². The fraction of sp³-hybridized carbons (Fsp3) is 0.0870. The quantitative estimate of drug-likeness (QED) is 0.349. The molecule has 0 bridgehead atoms. The number of aromatic nitrogens is 2. The van der Waals surface area contributed by atoms with Crippen LogP contribution in [0.3, 0.4) is 0 Å². The van der Waals surface area contributed by atoms with Crippen molar-refractivity contribution in [3.63, 3.8) is 0 Å². The van der Waals surface area contributed by atoms with Gasteiger partial charge in [-0.15, -0.1) is 0 Å². The zero-order valence-electron chi connectivity index (χ0n) is 16.2. The maximum atomic E-state index is 13.5. The third-order valence-electron chi connectivity index (χ3n) is 5.54. The van der Waals surface area contributed by atoms with Crippen molar-refractivity contribution in [1.29, 1.82) is 0 Å². The van der Waals surface area contributed by atoms with Crippen LogP contribution in [0.1, 0.15) is 11.4 Å². The normalized spacial score (nSPS) is 12.4. The molecule has 5 rings (SSSR count). The molecule has 0 atom stereocenters. The average Bonchev–Trinajstić information content (AvgIpc) is 3.09. The highest BCUT2D eigenvalue weighted by Gasteiger charge is 2.20. The topological polar surface area (TPSA) is 102 Å². The van der Waals surface area contributed by atoms with E-state index >= 15 is 0 Å². The number of imidazole rings is 1. The van der Waals surface area contributed by atoms with E-state index in [1.165, 1.54) is 24.3 Å². The fourth-order valence-corrected chi connectivity index (χ4v) is 4.08. The molecule has 0 amide bonds. The van der Waals surface area contributed by atoms with E-state index in [-0.39, 0.29) is 44.1 Å². The summed E-state index contributed by atoms with van der Waals surface area (Å²) in [5.74, 6) is 0.0276. The Bertz CT molecular complexity index is 1800. The summed E-state index contributed by atoms with van der Waals surface area (Å²) in [7, 11) is 0. The lowest BCUT2D eigenvalue weighted by Gasteiger charge is -2.07. The van der Waals surface area contributed by atoms with Gasteiger partial charge in [-0.25, -0.2) is 9.37 Å². The second kappa shape index (κ2) is 6.66. The van der Waals surface area contributed by atoms with E-state index in [2.05, 4.69) is 10.1 Å². The molecule has 7 nitrogen and oxygen atoms in total. The number of hydrogen-bond acceptors (Lipinski definition) is 6. The first-order valence-corrected chi connectivity index (χ1v) is 9.44. The minimum absolute atomic E-state index is 0.0337. The molecule has 0 radical (unpaired) electrons. The molecule has 8 heteroatoms. The van der Waals surface area contributed by atoms with Gasteiger partial charge in [0.2, 0.25) is 5.43 Å². The van der Waals surface area contributed by atoms with Gasteiger partial charge >= 0.3 is 0 Å². The Balaban J connectivity index is 2.01. The first-order valence-electron chi connectivity index (χ1n) is 9.44. The van der Waals surface area contributed by atoms with E-state index in [0.29, 0.717) is 11.4 Å². The van der Waals surface area contributed by atoms with Gasteiger partial charge in [-0.1, -0.05) is 41.6 Å². The summed E-state index contributed by atoms with van der Waals surface area (Å²) >= 11 is 0. The summed E-state index contributed by atoms with van der Waals surface area (Å²) in [6, 6.07) is 12.0. The van der Waals surface area contributed by atoms with Crippen molar-refractivity contribution < 1.29 is 9.60 Å². The Hall–Kier alpha value is -4.20. The molecule has 1 heterocycles. The lowest BCUT2D eigenvalue weighted by Crippen LogP contribution is -2.30. The number of nitrogens with zero attached hydrogens (tertiary/aromatic N) is 3. The molecule has 2 aromatic carbocycles. The van der Waals surface area contributed by atoms with Crippen molar-refractivity contribution in [2.24, 2.45) is 5.16 Å². The number of halogens is 1. The molecule has 2 aliphatic rings. The van der Waals surface area contributed by atoms with E-state index < -0.39 is 22.1 Å². The zero-order chi connectivity index (χ0) is 21.9. The van der Waals surface area contributed by atoms with Crippen molar-refractivity contribution in [3.8, 4) is 0 Å². The summed E-state index contributed by atoms with van der Waals surface area (Å²) in [4.78, 5) is 44.1. The lowest BCUT2D eigenvalue weighted by molar-refractivity contribution is 0.302. The number of benzene rings is 2. The molecule has 0 unspecified atom stereocenters. The molecule has 0 aliphatic heterocycles. The van der Waals surface area contributed by atoms with Crippen LogP contribution < -0.4 is 21.6 Å². The minimum Gasteiger partial charge on any atom is -0.410 e. The van der Waals surface area contributed by atoms with E-state index in [1.807, 2.05) is 0 Å². The Labute approximate surface area is 172 Å². The SMILES string of the molecule is Cc1nc2/c(=N/O)c3c(=O)c4ccccc4c(=O)c=3c(=O)c2n1Cc1ccc(F)cc1. The molecule has 0 spiro atoms. The van der Waals surface area contributed by atoms with E-state index in [1.54, 1.807) is 35.8 Å². The third-order valence-corrected chi connectivity index (χ3v) is 5.54. The Morgan fingerprint density at radius 2 is 1.55 bits per heavy atom. The molecule has 0 saturated heterocycles. The molecule has 31 heavy (non-hydrogen) atoms. The molecule has 1 aromatic heterocycles. The highest BCUT2D eigenvalue weighted by Crippen LogP contribution is 2.14. The smallest absolute Gasteiger partial charge is 0.216 e. The number of aryl methyl sites for hydroxylation is 1. The zero-order valence-corrected chi connectivity index (χ0v) is 16.2. The predicted octanol–water partition coefficient (Wildman–Crippen LogP) is 1.66. The van der Waals surface area contributed by atoms with E-state index in [0.717, 1.165) is 0 Å². The van der Waals surface area contributed by atoms with Crippen LogP contribution >= 0.6 is 0 Å². The first-order chi connectivity index (χ1) is 14.9. The van der Waals surface area contributed by atoms with Crippen LogP contribution in [-0.4, -0.2) is 14.8 Å². The Morgan fingerprint density at radius 1 is 0.935 bits per heavy atom. The summed E-state index contributed by atoms with van der Waals surface area (Å²) in [6.07, 6.45) is 0. The molecule has 152 valence electrons. The Morgan fingerprint density at radius 3 is 2.16 bits per heavy atom. The minimum atomic E-state index is -0.659. The van der Waals surface area contributed by atoms with Crippen LogP contribution in [-0.2, 0) is 6.54 Å². The average molecular weight is 415 g/mol. The first kappa shape index (κ1) is 18.8. The number of hydrogen-bond donors (Lipinski definition) is 1. The van der Waals surface area contributed by atoms with Crippen molar-refractivity contribution in [3.05, 3.63) is 112 Å². The van der Waals surface area contributed by atoms with Crippen molar-refractivity contribution in [1.82, 2.24) is 9.55 Å². The molecular formula is C23H14FN3O4. The van der Waals surface area contributed by atoms with Crippen molar-refractivity contribution >= 4 is 21.8 Å². The summed E-state index contributed by atoms with van der Waals surface area (Å²) in [5, 5.41) is 12.5. The summed E-state index contributed by atoms with van der Waals surface area (Å²) in [5.41, 5.74) is -1.04. The van der Waals surface area contributed by atoms with Gasteiger partial charge in [-0.3, -0.25) is 14.4 Å². The van der Waals surface area contributed by atoms with Crippen LogP contribution in [0.15, 0.2) is 68.1 Å². The van der Waals surface area contributed by atoms with Gasteiger partial charge in [0.1, 0.15) is 28.0 Å². The molecule has 0 fully saturated rings. The van der Waals surface area contributed by atoms with Gasteiger partial charge in [0.15, 0.2) is 10.9 Å². The molecule has 3 aromatic rings. The van der Waals surface area contributed by atoms with Gasteiger partial charge in [0.25, 0.3) is 0 Å². The van der Waals surface area contributed by atoms with Gasteiger partial charge < -0.3 is 9.77 Å². The second-order valence-corrected chi connectivity index (χ2v) is 7.30. The fourth-order valence-electron chi connectivity index (χ4n) is 4.08. The van der Waals surface area contributed by atoms with Crippen LogP contribution in [0.4, 0.5) is 4.39 Å². The van der Waals surface area contributed by atoms with Gasteiger partial charge in [0, 0.05) is 17.3 Å². The maximum Gasteiger partial charge on any atom is 0.216 e. The van der Waals surface area contributed by atoms with Crippen molar-refractivity contribution in [2.75, 3.05) is 0 Å². The van der Waals surface area contributed by atoms with E-state index in [4.69, 9.17) is 0 Å². The van der Waals surface area contributed by atoms with Crippen LogP contribution in [0, 0.1) is 23.2 Å². The van der Waals surface area contributed by atoms with Crippen LogP contribution in [0.5, 0.6) is 0 Å². The van der Waals surface area contributed by atoms with Crippen LogP contribution in [0.2, 0.25) is 0 Å². The summed E-state index contributed by atoms with van der Waals surface area (Å²) < 4.78 is 14.8.